The predicted octanol–water partition coefficient (Wildman–Crippen LogP) is 7.27. The first-order valence-corrected chi connectivity index (χ1v) is 13.4. The van der Waals surface area contributed by atoms with Gasteiger partial charge >= 0.3 is 0 Å². The van der Waals surface area contributed by atoms with Crippen LogP contribution in [0.5, 0.6) is 0 Å². The monoisotopic (exact) mass is 426 g/mol. The van der Waals surface area contributed by atoms with Gasteiger partial charge in [-0.2, -0.15) is 0 Å². The molecule has 0 N–H and O–H groups in total. The van der Waals surface area contributed by atoms with Crippen LogP contribution < -0.4 is 0 Å². The van der Waals surface area contributed by atoms with E-state index in [0.717, 1.165) is 43.3 Å². The van der Waals surface area contributed by atoms with E-state index < -0.39 is 0 Å². The van der Waals surface area contributed by atoms with Crippen molar-refractivity contribution in [2.75, 3.05) is 0 Å². The number of carbonyl (C=O) groups is 2. The Morgan fingerprint density at radius 1 is 0.968 bits per heavy atom. The molecule has 4 rings (SSSR count). The lowest BCUT2D eigenvalue weighted by Gasteiger charge is -2.59. The Hall–Kier alpha value is -0.920. The minimum Gasteiger partial charge on any atom is -0.303 e. The minimum atomic E-state index is 0.0677. The standard InChI is InChI=1S/C29H46O2/c1-19(2)7-6-8-20(3)24-9-10-25-27-22(18-31)16-23-15-21(17-30)11-13-28(23,4)26(27)12-14-29(24,25)5/h16-22,24-27H,6-15H2,1-5H3/t20-,21?,22?,24-,25+,26+,27+,28+,29-/m1/s1. The van der Waals surface area contributed by atoms with Crippen molar-refractivity contribution in [2.45, 2.75) is 98.8 Å². The van der Waals surface area contributed by atoms with Crippen molar-refractivity contribution in [3.8, 4) is 0 Å². The van der Waals surface area contributed by atoms with Crippen molar-refractivity contribution < 1.29 is 9.59 Å². The molecule has 2 unspecified atom stereocenters. The summed E-state index contributed by atoms with van der Waals surface area (Å²) in [6.07, 6.45) is 17.2. The van der Waals surface area contributed by atoms with E-state index in [1.807, 2.05) is 0 Å². The highest BCUT2D eigenvalue weighted by atomic mass is 16.1. The molecule has 4 aliphatic carbocycles. The van der Waals surface area contributed by atoms with E-state index in [1.54, 1.807) is 0 Å². The summed E-state index contributed by atoms with van der Waals surface area (Å²) in [5.41, 5.74) is 2.06. The second kappa shape index (κ2) is 8.79. The number of fused-ring (bicyclic) bond motifs is 5. The largest absolute Gasteiger partial charge is 0.303 e. The molecule has 0 bridgehead atoms. The lowest BCUT2D eigenvalue weighted by molar-refractivity contribution is -0.120. The van der Waals surface area contributed by atoms with Crippen LogP contribution in [0.15, 0.2) is 11.6 Å². The summed E-state index contributed by atoms with van der Waals surface area (Å²) in [6, 6.07) is 0. The first-order valence-electron chi connectivity index (χ1n) is 13.4. The summed E-state index contributed by atoms with van der Waals surface area (Å²) in [7, 11) is 0. The number of allylic oxidation sites excluding steroid dienone is 2. The Kier molecular flexibility index (Phi) is 6.59. The predicted molar refractivity (Wildman–Crippen MR) is 128 cm³/mol. The van der Waals surface area contributed by atoms with Crippen molar-refractivity contribution in [1.82, 2.24) is 0 Å². The number of hydrogen-bond donors (Lipinski definition) is 0. The zero-order chi connectivity index (χ0) is 22.4. The summed E-state index contributed by atoms with van der Waals surface area (Å²) < 4.78 is 0. The number of aldehydes is 2. The molecule has 4 aliphatic rings. The molecule has 3 fully saturated rings. The highest BCUT2D eigenvalue weighted by Crippen LogP contribution is 2.68. The summed E-state index contributed by atoms with van der Waals surface area (Å²) in [4.78, 5) is 23.8. The van der Waals surface area contributed by atoms with Gasteiger partial charge in [-0.25, -0.2) is 0 Å². The van der Waals surface area contributed by atoms with Gasteiger partial charge in [0.15, 0.2) is 0 Å². The fourth-order valence-corrected chi connectivity index (χ4v) is 9.03. The maximum Gasteiger partial charge on any atom is 0.127 e. The first kappa shape index (κ1) is 23.2. The molecule has 0 saturated heterocycles. The SMILES string of the molecule is CC(C)CCC[C@@H](C)[C@H]1CC[C@H]2[C@@H]3C(C=O)C=C4CC(C=O)CC[C@]4(C)[C@H]3CC[C@]12C. The molecular weight excluding hydrogens is 380 g/mol. The van der Waals surface area contributed by atoms with Gasteiger partial charge in [-0.3, -0.25) is 0 Å². The zero-order valence-electron chi connectivity index (χ0n) is 20.7. The van der Waals surface area contributed by atoms with E-state index in [0.29, 0.717) is 23.2 Å². The molecule has 0 aromatic carbocycles. The molecule has 3 saturated carbocycles. The number of rotatable bonds is 7. The van der Waals surface area contributed by atoms with Crippen LogP contribution in [0.3, 0.4) is 0 Å². The molecule has 0 aliphatic heterocycles. The maximum atomic E-state index is 12.3. The second-order valence-corrected chi connectivity index (χ2v) is 12.8. The molecule has 0 spiro atoms. The van der Waals surface area contributed by atoms with Crippen LogP contribution in [0.1, 0.15) is 98.8 Å². The van der Waals surface area contributed by atoms with Gasteiger partial charge in [0.1, 0.15) is 12.6 Å². The van der Waals surface area contributed by atoms with E-state index in [4.69, 9.17) is 0 Å². The Balaban J connectivity index is 1.57. The van der Waals surface area contributed by atoms with Crippen LogP contribution in [0.4, 0.5) is 0 Å². The quantitative estimate of drug-likeness (QED) is 0.317. The summed E-state index contributed by atoms with van der Waals surface area (Å²) >= 11 is 0. The van der Waals surface area contributed by atoms with Gasteiger partial charge in [0.25, 0.3) is 0 Å². The van der Waals surface area contributed by atoms with Crippen LogP contribution >= 0.6 is 0 Å². The normalized spacial score (nSPS) is 45.3. The molecule has 0 aromatic rings. The van der Waals surface area contributed by atoms with Crippen LogP contribution in [0.25, 0.3) is 0 Å². The van der Waals surface area contributed by atoms with Crippen LogP contribution in [0, 0.1) is 58.2 Å². The third-order valence-electron chi connectivity index (χ3n) is 10.8. The van der Waals surface area contributed by atoms with E-state index >= 15 is 0 Å². The van der Waals surface area contributed by atoms with E-state index in [9.17, 15) is 9.59 Å². The van der Waals surface area contributed by atoms with Crippen molar-refractivity contribution in [3.63, 3.8) is 0 Å². The van der Waals surface area contributed by atoms with E-state index in [-0.39, 0.29) is 17.3 Å². The molecule has 2 nitrogen and oxygen atoms in total. The first-order chi connectivity index (χ1) is 14.7. The molecule has 2 heteroatoms. The topological polar surface area (TPSA) is 34.1 Å². The van der Waals surface area contributed by atoms with Crippen molar-refractivity contribution in [3.05, 3.63) is 11.6 Å². The van der Waals surface area contributed by atoms with Crippen LogP contribution in [-0.4, -0.2) is 12.6 Å². The van der Waals surface area contributed by atoms with E-state index in [2.05, 4.69) is 40.7 Å². The van der Waals surface area contributed by atoms with E-state index in [1.165, 1.54) is 56.8 Å². The van der Waals surface area contributed by atoms with Gasteiger partial charge in [0.05, 0.1) is 0 Å². The summed E-state index contributed by atoms with van der Waals surface area (Å²) in [6.45, 7) is 12.3. The van der Waals surface area contributed by atoms with Crippen molar-refractivity contribution in [1.29, 1.82) is 0 Å². The number of hydrogen-bond acceptors (Lipinski definition) is 2. The molecule has 9 atom stereocenters. The Morgan fingerprint density at radius 2 is 1.74 bits per heavy atom. The van der Waals surface area contributed by atoms with Crippen molar-refractivity contribution >= 4 is 12.6 Å². The van der Waals surface area contributed by atoms with Gasteiger partial charge in [0.2, 0.25) is 0 Å². The van der Waals surface area contributed by atoms with Gasteiger partial charge in [-0.1, -0.05) is 65.5 Å². The molecule has 0 amide bonds. The molecule has 0 aromatic heterocycles. The number of carbonyl (C=O) groups excluding carboxylic acids is 2. The Bertz CT molecular complexity index is 708. The lowest BCUT2D eigenvalue weighted by atomic mass is 9.45. The van der Waals surface area contributed by atoms with Gasteiger partial charge in [-0.15, -0.1) is 0 Å². The molecular formula is C29H46O2. The third kappa shape index (κ3) is 3.89. The summed E-state index contributed by atoms with van der Waals surface area (Å²) in [5.74, 6) is 4.50. The Morgan fingerprint density at radius 3 is 2.42 bits per heavy atom. The van der Waals surface area contributed by atoms with Crippen LogP contribution in [0.2, 0.25) is 0 Å². The lowest BCUT2D eigenvalue weighted by Crippen LogP contribution is -2.53. The maximum absolute atomic E-state index is 12.3. The van der Waals surface area contributed by atoms with Crippen molar-refractivity contribution in [2.24, 2.45) is 58.2 Å². The highest BCUT2D eigenvalue weighted by Gasteiger charge is 2.61. The zero-order valence-corrected chi connectivity index (χ0v) is 20.7. The third-order valence-corrected chi connectivity index (χ3v) is 10.8. The van der Waals surface area contributed by atoms with Gasteiger partial charge < -0.3 is 9.59 Å². The van der Waals surface area contributed by atoms with Crippen LogP contribution in [-0.2, 0) is 9.59 Å². The molecule has 0 heterocycles. The van der Waals surface area contributed by atoms with Gasteiger partial charge in [0, 0.05) is 11.8 Å². The smallest absolute Gasteiger partial charge is 0.127 e. The average Bonchev–Trinajstić information content (AvgIpc) is 3.09. The fourth-order valence-electron chi connectivity index (χ4n) is 9.03. The molecule has 0 radical (unpaired) electrons. The molecule has 31 heavy (non-hydrogen) atoms. The minimum absolute atomic E-state index is 0.0677. The second-order valence-electron chi connectivity index (χ2n) is 12.8. The average molecular weight is 427 g/mol. The van der Waals surface area contributed by atoms with Gasteiger partial charge in [-0.05, 0) is 91.3 Å². The fraction of sp³-hybridized carbons (Fsp3) is 0.862. The summed E-state index contributed by atoms with van der Waals surface area (Å²) in [5, 5.41) is 0. The molecule has 174 valence electrons. The highest BCUT2D eigenvalue weighted by molar-refractivity contribution is 5.60. The Labute approximate surface area is 191 Å².